The van der Waals surface area contributed by atoms with Crippen molar-refractivity contribution in [3.05, 3.63) is 44.6 Å². The summed E-state index contributed by atoms with van der Waals surface area (Å²) in [6.45, 7) is 1.54. The molecule has 1 aromatic carbocycles. The van der Waals surface area contributed by atoms with Gasteiger partial charge in [-0.3, -0.25) is 4.79 Å². The van der Waals surface area contributed by atoms with Crippen molar-refractivity contribution in [2.45, 2.75) is 38.7 Å². The smallest absolute Gasteiger partial charge is 0.340 e. The molecule has 0 bridgehead atoms. The number of benzene rings is 1. The lowest BCUT2D eigenvalue weighted by molar-refractivity contribution is -0.123. The first-order valence-corrected chi connectivity index (χ1v) is 9.70. The maximum atomic E-state index is 12.5. The monoisotopic (exact) mass is 393 g/mol. The van der Waals surface area contributed by atoms with Crippen LogP contribution in [0.2, 0.25) is 5.02 Å². The summed E-state index contributed by atoms with van der Waals surface area (Å²) < 4.78 is 10.6. The van der Waals surface area contributed by atoms with Crippen molar-refractivity contribution in [1.29, 1.82) is 0 Å². The third kappa shape index (κ3) is 4.02. The Kier molecular flexibility index (Phi) is 5.84. The second-order valence-corrected chi connectivity index (χ2v) is 7.54. The number of aryl methyl sites for hydroxylation is 1. The molecule has 3 rings (SSSR count). The normalized spacial score (nSPS) is 14.3. The molecule has 1 N–H and O–H groups in total. The van der Waals surface area contributed by atoms with Gasteiger partial charge in [0.05, 0.1) is 18.4 Å². The Balaban J connectivity index is 1.67. The predicted molar refractivity (Wildman–Crippen MR) is 102 cm³/mol. The van der Waals surface area contributed by atoms with Gasteiger partial charge in [-0.1, -0.05) is 11.6 Å². The molecular weight excluding hydrogens is 374 g/mol. The number of anilines is 1. The van der Waals surface area contributed by atoms with E-state index < -0.39 is 18.0 Å². The number of rotatable bonds is 5. The highest BCUT2D eigenvalue weighted by Crippen LogP contribution is 2.31. The second-order valence-electron chi connectivity index (χ2n) is 6.14. The summed E-state index contributed by atoms with van der Waals surface area (Å²) in [7, 11) is 1.50. The van der Waals surface area contributed by atoms with Gasteiger partial charge in [-0.2, -0.15) is 0 Å². The number of ether oxygens (including phenoxy) is 2. The van der Waals surface area contributed by atoms with Crippen molar-refractivity contribution in [2.75, 3.05) is 12.4 Å². The van der Waals surface area contributed by atoms with E-state index in [0.29, 0.717) is 22.0 Å². The Morgan fingerprint density at radius 1 is 1.27 bits per heavy atom. The van der Waals surface area contributed by atoms with Crippen LogP contribution in [0.4, 0.5) is 5.69 Å². The van der Waals surface area contributed by atoms with Crippen LogP contribution >= 0.6 is 22.9 Å². The van der Waals surface area contributed by atoms with Crippen molar-refractivity contribution in [3.8, 4) is 5.75 Å². The second kappa shape index (κ2) is 8.10. The minimum absolute atomic E-state index is 0.431. The van der Waals surface area contributed by atoms with Crippen LogP contribution in [-0.4, -0.2) is 25.1 Å². The van der Waals surface area contributed by atoms with Crippen LogP contribution in [-0.2, 0) is 22.4 Å². The number of carbonyl (C=O) groups excluding carboxylic acids is 2. The Morgan fingerprint density at radius 3 is 2.81 bits per heavy atom. The average Bonchev–Trinajstić information content (AvgIpc) is 3.06. The number of halogens is 1. The molecule has 2 aromatic rings. The molecule has 7 heteroatoms. The van der Waals surface area contributed by atoms with E-state index >= 15 is 0 Å². The van der Waals surface area contributed by atoms with E-state index in [2.05, 4.69) is 5.32 Å². The molecule has 26 heavy (non-hydrogen) atoms. The van der Waals surface area contributed by atoms with E-state index in [1.54, 1.807) is 36.5 Å². The van der Waals surface area contributed by atoms with E-state index in [-0.39, 0.29) is 0 Å². The van der Waals surface area contributed by atoms with Crippen LogP contribution < -0.4 is 10.1 Å². The molecular formula is C19H20ClNO4S. The van der Waals surface area contributed by atoms with Crippen LogP contribution in [0.5, 0.6) is 5.75 Å². The molecule has 1 heterocycles. The highest BCUT2D eigenvalue weighted by Gasteiger charge is 2.25. The highest BCUT2D eigenvalue weighted by molar-refractivity contribution is 7.10. The quantitative estimate of drug-likeness (QED) is 0.761. The largest absolute Gasteiger partial charge is 0.495 e. The molecule has 0 aliphatic heterocycles. The summed E-state index contributed by atoms with van der Waals surface area (Å²) in [5, 5.41) is 5.00. The van der Waals surface area contributed by atoms with Gasteiger partial charge in [0.25, 0.3) is 5.91 Å². The molecule has 138 valence electrons. The minimum atomic E-state index is -0.940. The first-order valence-electron chi connectivity index (χ1n) is 8.44. The molecule has 0 radical (unpaired) electrons. The number of esters is 1. The number of nitrogens with one attached hydrogen (secondary N) is 1. The van der Waals surface area contributed by atoms with Crippen molar-refractivity contribution in [1.82, 2.24) is 0 Å². The Bertz CT molecular complexity index is 833. The van der Waals surface area contributed by atoms with E-state index in [1.807, 2.05) is 5.38 Å². The van der Waals surface area contributed by atoms with E-state index in [0.717, 1.165) is 31.2 Å². The topological polar surface area (TPSA) is 64.6 Å². The van der Waals surface area contributed by atoms with Crippen LogP contribution in [0.1, 0.15) is 40.6 Å². The van der Waals surface area contributed by atoms with Gasteiger partial charge < -0.3 is 14.8 Å². The van der Waals surface area contributed by atoms with Gasteiger partial charge in [0.1, 0.15) is 5.75 Å². The molecule has 1 aromatic heterocycles. The van der Waals surface area contributed by atoms with Crippen LogP contribution in [0.25, 0.3) is 0 Å². The van der Waals surface area contributed by atoms with Crippen molar-refractivity contribution in [3.63, 3.8) is 0 Å². The molecule has 1 aliphatic carbocycles. The fourth-order valence-corrected chi connectivity index (χ4v) is 4.24. The zero-order valence-corrected chi connectivity index (χ0v) is 16.2. The molecule has 1 atom stereocenters. The summed E-state index contributed by atoms with van der Waals surface area (Å²) in [6.07, 6.45) is 3.20. The Labute approximate surface area is 161 Å². The standard InChI is InChI=1S/C19H20ClNO4S/c1-11(18(22)21-15-9-12(20)7-8-16(15)24-2)25-19(23)14-10-26-17-6-4-3-5-13(14)17/h7-11H,3-6H2,1-2H3,(H,21,22)/t11-/m1/s1. The molecule has 1 amide bonds. The summed E-state index contributed by atoms with van der Waals surface area (Å²) in [6, 6.07) is 4.91. The molecule has 0 spiro atoms. The van der Waals surface area contributed by atoms with Crippen molar-refractivity contribution in [2.24, 2.45) is 0 Å². The maximum Gasteiger partial charge on any atom is 0.340 e. The summed E-state index contributed by atoms with van der Waals surface area (Å²) in [5.74, 6) is -0.415. The third-order valence-electron chi connectivity index (χ3n) is 4.35. The van der Waals surface area contributed by atoms with Gasteiger partial charge in [-0.05, 0) is 56.4 Å². The molecule has 1 aliphatic rings. The Morgan fingerprint density at radius 2 is 2.04 bits per heavy atom. The van der Waals surface area contributed by atoms with Gasteiger partial charge in [-0.15, -0.1) is 11.3 Å². The van der Waals surface area contributed by atoms with Gasteiger partial charge >= 0.3 is 5.97 Å². The number of fused-ring (bicyclic) bond motifs is 1. The molecule has 0 fully saturated rings. The van der Waals surface area contributed by atoms with Crippen LogP contribution in [0.15, 0.2) is 23.6 Å². The lowest BCUT2D eigenvalue weighted by atomic mass is 9.96. The highest BCUT2D eigenvalue weighted by atomic mass is 35.5. The third-order valence-corrected chi connectivity index (χ3v) is 5.68. The maximum absolute atomic E-state index is 12.5. The number of amides is 1. The van der Waals surface area contributed by atoms with Gasteiger partial charge in [0.2, 0.25) is 0 Å². The zero-order valence-electron chi connectivity index (χ0n) is 14.6. The number of hydrogen-bond acceptors (Lipinski definition) is 5. The van der Waals surface area contributed by atoms with Crippen LogP contribution in [0.3, 0.4) is 0 Å². The summed E-state index contributed by atoms with van der Waals surface area (Å²) in [5.41, 5.74) is 2.10. The molecule has 0 saturated heterocycles. The number of methoxy groups -OCH3 is 1. The molecule has 5 nitrogen and oxygen atoms in total. The Hall–Kier alpha value is -2.05. The zero-order chi connectivity index (χ0) is 18.7. The lowest BCUT2D eigenvalue weighted by Gasteiger charge is -2.16. The SMILES string of the molecule is COc1ccc(Cl)cc1NC(=O)[C@@H](C)OC(=O)c1csc2c1CCCC2. The number of thiophene rings is 1. The van der Waals surface area contributed by atoms with E-state index in [9.17, 15) is 9.59 Å². The number of hydrogen-bond donors (Lipinski definition) is 1. The summed E-state index contributed by atoms with van der Waals surface area (Å²) in [4.78, 5) is 26.1. The van der Waals surface area contributed by atoms with E-state index in [1.165, 1.54) is 12.0 Å². The molecule has 0 saturated carbocycles. The lowest BCUT2D eigenvalue weighted by Crippen LogP contribution is -2.30. The minimum Gasteiger partial charge on any atom is -0.495 e. The summed E-state index contributed by atoms with van der Waals surface area (Å²) >= 11 is 7.56. The van der Waals surface area contributed by atoms with Crippen molar-refractivity contribution < 1.29 is 19.1 Å². The van der Waals surface area contributed by atoms with E-state index in [4.69, 9.17) is 21.1 Å². The fraction of sp³-hybridized carbons (Fsp3) is 0.368. The van der Waals surface area contributed by atoms with Crippen molar-refractivity contribution >= 4 is 40.5 Å². The predicted octanol–water partition coefficient (Wildman–Crippen LogP) is 4.47. The number of carbonyl (C=O) groups is 2. The average molecular weight is 394 g/mol. The first-order chi connectivity index (χ1) is 12.5. The van der Waals surface area contributed by atoms with Gasteiger partial charge in [-0.25, -0.2) is 4.79 Å². The fourth-order valence-electron chi connectivity index (χ4n) is 2.95. The van der Waals surface area contributed by atoms with Gasteiger partial charge in [0, 0.05) is 15.3 Å². The van der Waals surface area contributed by atoms with Gasteiger partial charge in [0.15, 0.2) is 6.10 Å². The molecule has 0 unspecified atom stereocenters. The van der Waals surface area contributed by atoms with Crippen LogP contribution in [0, 0.1) is 0 Å². The first kappa shape index (κ1) is 18.7.